The normalized spacial score (nSPS) is 22.6. The largest absolute Gasteiger partial charge is 0.393 e. The van der Waals surface area contributed by atoms with Crippen LogP contribution < -0.4 is 5.73 Å². The highest BCUT2D eigenvalue weighted by atomic mass is 16.6. The number of carbonyl (C=O) groups is 1. The van der Waals surface area contributed by atoms with E-state index in [0.717, 1.165) is 12.8 Å². The van der Waals surface area contributed by atoms with Crippen molar-refractivity contribution in [2.24, 2.45) is 5.92 Å². The molecule has 2 rings (SSSR count). The van der Waals surface area contributed by atoms with Gasteiger partial charge < -0.3 is 10.6 Å². The zero-order chi connectivity index (χ0) is 14.9. The van der Waals surface area contributed by atoms with Gasteiger partial charge in [-0.3, -0.25) is 14.9 Å². The van der Waals surface area contributed by atoms with Crippen molar-refractivity contribution in [2.75, 3.05) is 12.3 Å². The molecule has 0 aromatic heterocycles. The standard InChI is InChI=1S/C14H19N3O3/c1-9-6-7-16(10(2)8-9)14(18)11-4-3-5-12(15)13(11)17(19)20/h3-5,9-10H,6-8,15H2,1-2H3. The Hall–Kier alpha value is -2.11. The first kappa shape index (κ1) is 14.3. The molecule has 0 radical (unpaired) electrons. The highest BCUT2D eigenvalue weighted by Gasteiger charge is 2.32. The molecule has 1 fully saturated rings. The topological polar surface area (TPSA) is 89.5 Å². The Kier molecular flexibility index (Phi) is 3.92. The smallest absolute Gasteiger partial charge is 0.304 e. The van der Waals surface area contributed by atoms with Crippen LogP contribution in [0, 0.1) is 16.0 Å². The van der Waals surface area contributed by atoms with E-state index in [4.69, 9.17) is 5.73 Å². The van der Waals surface area contributed by atoms with E-state index in [2.05, 4.69) is 6.92 Å². The van der Waals surface area contributed by atoms with E-state index in [0.29, 0.717) is 12.5 Å². The third-order valence-corrected chi connectivity index (χ3v) is 3.88. The molecular formula is C14H19N3O3. The second kappa shape index (κ2) is 5.48. The number of carbonyl (C=O) groups excluding carboxylic acids is 1. The molecule has 6 heteroatoms. The van der Waals surface area contributed by atoms with E-state index >= 15 is 0 Å². The molecule has 0 bridgehead atoms. The highest BCUT2D eigenvalue weighted by molar-refractivity contribution is 6.00. The van der Waals surface area contributed by atoms with Crippen LogP contribution in [0.2, 0.25) is 0 Å². The summed E-state index contributed by atoms with van der Waals surface area (Å²) >= 11 is 0. The second-order valence-electron chi connectivity index (χ2n) is 5.48. The van der Waals surface area contributed by atoms with E-state index in [1.807, 2.05) is 6.92 Å². The van der Waals surface area contributed by atoms with Crippen molar-refractivity contribution < 1.29 is 9.72 Å². The maximum absolute atomic E-state index is 12.6. The summed E-state index contributed by atoms with van der Waals surface area (Å²) in [4.78, 5) is 24.8. The van der Waals surface area contributed by atoms with Crippen LogP contribution in [-0.2, 0) is 0 Å². The molecule has 0 spiro atoms. The SMILES string of the molecule is CC1CCN(C(=O)c2cccc(N)c2[N+](=O)[O-])C(C)C1. The van der Waals surface area contributed by atoms with Crippen molar-refractivity contribution in [3.63, 3.8) is 0 Å². The average Bonchev–Trinajstić information content (AvgIpc) is 2.37. The summed E-state index contributed by atoms with van der Waals surface area (Å²) in [6.07, 6.45) is 1.84. The maximum atomic E-state index is 12.6. The maximum Gasteiger partial charge on any atom is 0.304 e. The van der Waals surface area contributed by atoms with Crippen LogP contribution in [0.15, 0.2) is 18.2 Å². The van der Waals surface area contributed by atoms with Gasteiger partial charge in [-0.25, -0.2) is 0 Å². The fraction of sp³-hybridized carbons (Fsp3) is 0.500. The number of piperidine rings is 1. The van der Waals surface area contributed by atoms with Gasteiger partial charge in [0.1, 0.15) is 11.3 Å². The van der Waals surface area contributed by atoms with Crippen LogP contribution in [0.5, 0.6) is 0 Å². The number of rotatable bonds is 2. The van der Waals surface area contributed by atoms with Gasteiger partial charge in [-0.05, 0) is 37.8 Å². The Labute approximate surface area is 117 Å². The molecule has 2 atom stereocenters. The number of likely N-dealkylation sites (tertiary alicyclic amines) is 1. The number of nitrogens with two attached hydrogens (primary N) is 1. The lowest BCUT2D eigenvalue weighted by atomic mass is 9.92. The summed E-state index contributed by atoms with van der Waals surface area (Å²) in [6.45, 7) is 4.76. The van der Waals surface area contributed by atoms with Gasteiger partial charge in [0, 0.05) is 12.6 Å². The van der Waals surface area contributed by atoms with Crippen LogP contribution >= 0.6 is 0 Å². The predicted molar refractivity (Wildman–Crippen MR) is 76.4 cm³/mol. The summed E-state index contributed by atoms with van der Waals surface area (Å²) in [7, 11) is 0. The van der Waals surface area contributed by atoms with Crippen molar-refractivity contribution >= 4 is 17.3 Å². The number of nitrogens with zero attached hydrogens (tertiary/aromatic N) is 2. The molecule has 20 heavy (non-hydrogen) atoms. The lowest BCUT2D eigenvalue weighted by molar-refractivity contribution is -0.384. The van der Waals surface area contributed by atoms with E-state index < -0.39 is 4.92 Å². The first-order valence-corrected chi connectivity index (χ1v) is 6.75. The molecule has 1 aliphatic rings. The summed E-state index contributed by atoms with van der Waals surface area (Å²) in [5.74, 6) is 0.272. The quantitative estimate of drug-likeness (QED) is 0.510. The monoisotopic (exact) mass is 277 g/mol. The Morgan fingerprint density at radius 3 is 2.75 bits per heavy atom. The first-order valence-electron chi connectivity index (χ1n) is 6.75. The number of hydrogen-bond donors (Lipinski definition) is 1. The number of benzene rings is 1. The molecule has 0 saturated carbocycles. The van der Waals surface area contributed by atoms with Crippen LogP contribution in [-0.4, -0.2) is 28.3 Å². The van der Waals surface area contributed by atoms with Crippen LogP contribution in [0.1, 0.15) is 37.0 Å². The van der Waals surface area contributed by atoms with Gasteiger partial charge in [0.15, 0.2) is 0 Å². The second-order valence-corrected chi connectivity index (χ2v) is 5.48. The molecule has 1 saturated heterocycles. The molecule has 6 nitrogen and oxygen atoms in total. The fourth-order valence-electron chi connectivity index (χ4n) is 2.80. The number of anilines is 1. The zero-order valence-electron chi connectivity index (χ0n) is 11.7. The molecule has 0 aliphatic carbocycles. The van der Waals surface area contributed by atoms with Gasteiger partial charge in [0.05, 0.1) is 4.92 Å². The number of hydrogen-bond acceptors (Lipinski definition) is 4. The zero-order valence-corrected chi connectivity index (χ0v) is 11.7. The van der Waals surface area contributed by atoms with Crippen LogP contribution in [0.4, 0.5) is 11.4 Å². The van der Waals surface area contributed by atoms with Gasteiger partial charge in [0.25, 0.3) is 5.91 Å². The molecule has 108 valence electrons. The minimum absolute atomic E-state index is 0.0267. The van der Waals surface area contributed by atoms with Gasteiger partial charge in [0.2, 0.25) is 0 Å². The number of nitrogen functional groups attached to an aromatic ring is 1. The number of amides is 1. The summed E-state index contributed by atoms with van der Waals surface area (Å²) in [5.41, 5.74) is 5.45. The molecular weight excluding hydrogens is 258 g/mol. The Balaban J connectivity index is 2.34. The van der Waals surface area contributed by atoms with Gasteiger partial charge in [-0.1, -0.05) is 13.0 Å². The van der Waals surface area contributed by atoms with E-state index in [9.17, 15) is 14.9 Å². The van der Waals surface area contributed by atoms with Crippen molar-refractivity contribution in [1.29, 1.82) is 0 Å². The van der Waals surface area contributed by atoms with Crippen molar-refractivity contribution in [3.8, 4) is 0 Å². The number of para-hydroxylation sites is 1. The Morgan fingerprint density at radius 2 is 2.15 bits per heavy atom. The summed E-state index contributed by atoms with van der Waals surface area (Å²) in [5, 5.41) is 11.1. The Bertz CT molecular complexity index is 544. The third kappa shape index (κ3) is 2.59. The molecule has 1 aromatic carbocycles. The lowest BCUT2D eigenvalue weighted by Gasteiger charge is -2.36. The average molecular weight is 277 g/mol. The van der Waals surface area contributed by atoms with Gasteiger partial charge in [-0.15, -0.1) is 0 Å². The number of nitro benzene ring substituents is 1. The molecule has 1 heterocycles. The van der Waals surface area contributed by atoms with Crippen LogP contribution in [0.3, 0.4) is 0 Å². The van der Waals surface area contributed by atoms with E-state index in [-0.39, 0.29) is 28.9 Å². The molecule has 2 unspecified atom stereocenters. The first-order chi connectivity index (χ1) is 9.41. The number of nitro groups is 1. The summed E-state index contributed by atoms with van der Waals surface area (Å²) < 4.78 is 0. The van der Waals surface area contributed by atoms with Gasteiger partial charge >= 0.3 is 5.69 Å². The molecule has 1 amide bonds. The van der Waals surface area contributed by atoms with Gasteiger partial charge in [-0.2, -0.15) is 0 Å². The fourth-order valence-corrected chi connectivity index (χ4v) is 2.80. The van der Waals surface area contributed by atoms with Crippen molar-refractivity contribution in [2.45, 2.75) is 32.7 Å². The minimum Gasteiger partial charge on any atom is -0.393 e. The van der Waals surface area contributed by atoms with E-state index in [1.54, 1.807) is 11.0 Å². The van der Waals surface area contributed by atoms with E-state index in [1.165, 1.54) is 12.1 Å². The molecule has 1 aliphatic heterocycles. The minimum atomic E-state index is -0.584. The van der Waals surface area contributed by atoms with Crippen LogP contribution in [0.25, 0.3) is 0 Å². The third-order valence-electron chi connectivity index (χ3n) is 3.88. The Morgan fingerprint density at radius 1 is 1.45 bits per heavy atom. The molecule has 1 aromatic rings. The lowest BCUT2D eigenvalue weighted by Crippen LogP contribution is -2.44. The highest BCUT2D eigenvalue weighted by Crippen LogP contribution is 2.30. The van der Waals surface area contributed by atoms with Crippen molar-refractivity contribution in [3.05, 3.63) is 33.9 Å². The molecule has 2 N–H and O–H groups in total. The predicted octanol–water partition coefficient (Wildman–Crippen LogP) is 2.44. The van der Waals surface area contributed by atoms with Crippen molar-refractivity contribution in [1.82, 2.24) is 4.90 Å². The summed E-state index contributed by atoms with van der Waals surface area (Å²) in [6, 6.07) is 4.58.